The van der Waals surface area contributed by atoms with Crippen LogP contribution in [-0.4, -0.2) is 17.7 Å². The zero-order valence-corrected chi connectivity index (χ0v) is 10.4. The summed E-state index contributed by atoms with van der Waals surface area (Å²) in [5.74, 6) is -0.0674. The van der Waals surface area contributed by atoms with Gasteiger partial charge in [-0.25, -0.2) is 0 Å². The molecule has 3 nitrogen and oxygen atoms in total. The van der Waals surface area contributed by atoms with Crippen LogP contribution in [0.5, 0.6) is 5.75 Å². The molecule has 0 saturated heterocycles. The molecule has 0 bridgehead atoms. The van der Waals surface area contributed by atoms with E-state index in [-0.39, 0.29) is 6.42 Å². The number of ether oxygens (including phenoxy) is 1. The van der Waals surface area contributed by atoms with Gasteiger partial charge in [0.25, 0.3) is 0 Å². The second kappa shape index (κ2) is 7.28. The summed E-state index contributed by atoms with van der Waals surface area (Å²) in [7, 11) is 0. The van der Waals surface area contributed by atoms with Crippen molar-refractivity contribution in [1.29, 1.82) is 0 Å². The van der Waals surface area contributed by atoms with Crippen LogP contribution in [0.25, 0.3) is 0 Å². The molecule has 1 N–H and O–H groups in total. The Morgan fingerprint density at radius 2 is 2.25 bits per heavy atom. The molecule has 0 aliphatic carbocycles. The fourth-order valence-electron chi connectivity index (χ4n) is 1.43. The van der Waals surface area contributed by atoms with Crippen LogP contribution in [0.3, 0.4) is 0 Å². The van der Waals surface area contributed by atoms with Gasteiger partial charge in [-0.05, 0) is 17.9 Å². The number of rotatable bonds is 8. The average Bonchev–Trinajstić information content (AvgIpc) is 2.64. The first-order valence-electron chi connectivity index (χ1n) is 5.65. The van der Waals surface area contributed by atoms with Gasteiger partial charge in [-0.3, -0.25) is 4.79 Å². The molecular weight excluding hydrogens is 224 g/mol. The molecule has 0 radical (unpaired) electrons. The van der Waals surface area contributed by atoms with E-state index in [4.69, 9.17) is 9.84 Å². The highest BCUT2D eigenvalue weighted by Crippen LogP contribution is 2.25. The smallest absolute Gasteiger partial charge is 0.308 e. The van der Waals surface area contributed by atoms with Crippen molar-refractivity contribution < 1.29 is 14.6 Å². The third-order valence-electron chi connectivity index (χ3n) is 2.27. The monoisotopic (exact) mass is 242 g/mol. The van der Waals surface area contributed by atoms with E-state index in [2.05, 4.69) is 6.92 Å². The molecule has 1 rings (SSSR count). The van der Waals surface area contributed by atoms with Crippen LogP contribution in [0.15, 0.2) is 11.4 Å². The van der Waals surface area contributed by atoms with Gasteiger partial charge in [0, 0.05) is 0 Å². The van der Waals surface area contributed by atoms with E-state index in [1.54, 1.807) is 0 Å². The normalized spacial score (nSPS) is 10.3. The van der Waals surface area contributed by atoms with Crippen molar-refractivity contribution >= 4 is 17.3 Å². The lowest BCUT2D eigenvalue weighted by Gasteiger charge is -2.05. The van der Waals surface area contributed by atoms with E-state index in [1.165, 1.54) is 30.6 Å². The topological polar surface area (TPSA) is 46.5 Å². The Bertz CT molecular complexity index is 320. The minimum absolute atomic E-state index is 0.0575. The summed E-state index contributed by atoms with van der Waals surface area (Å²) in [4.78, 5) is 11.4. The van der Waals surface area contributed by atoms with Crippen molar-refractivity contribution in [3.63, 3.8) is 0 Å². The maximum atomic E-state index is 10.6. The fraction of sp³-hybridized carbons (Fsp3) is 0.583. The number of unbranched alkanes of at least 4 members (excludes halogenated alkanes) is 3. The minimum atomic E-state index is -0.807. The second-order valence-corrected chi connectivity index (χ2v) is 4.69. The lowest BCUT2D eigenvalue weighted by atomic mass is 10.2. The molecule has 4 heteroatoms. The molecule has 0 aromatic carbocycles. The minimum Gasteiger partial charge on any atom is -0.492 e. The lowest BCUT2D eigenvalue weighted by molar-refractivity contribution is -0.136. The average molecular weight is 242 g/mol. The lowest BCUT2D eigenvalue weighted by Crippen LogP contribution is -2.02. The largest absolute Gasteiger partial charge is 0.492 e. The van der Waals surface area contributed by atoms with Crippen molar-refractivity contribution in [2.45, 2.75) is 39.0 Å². The highest BCUT2D eigenvalue weighted by molar-refractivity contribution is 7.10. The van der Waals surface area contributed by atoms with Crippen LogP contribution in [0.4, 0.5) is 0 Å². The summed E-state index contributed by atoms with van der Waals surface area (Å²) < 4.78 is 5.57. The Balaban J connectivity index is 2.30. The SMILES string of the molecule is CCCCCCOc1ccsc1CC(=O)O. The Morgan fingerprint density at radius 3 is 2.94 bits per heavy atom. The van der Waals surface area contributed by atoms with E-state index < -0.39 is 5.97 Å². The zero-order valence-electron chi connectivity index (χ0n) is 9.57. The standard InChI is InChI=1S/C12H18O3S/c1-2-3-4-5-7-15-10-6-8-16-11(10)9-12(13)14/h6,8H,2-5,7,9H2,1H3,(H,13,14). The third kappa shape index (κ3) is 4.66. The van der Waals surface area contributed by atoms with Crippen LogP contribution in [-0.2, 0) is 11.2 Å². The molecule has 0 amide bonds. The van der Waals surface area contributed by atoms with Gasteiger partial charge in [0.15, 0.2) is 0 Å². The highest BCUT2D eigenvalue weighted by Gasteiger charge is 2.09. The number of hydrogen-bond acceptors (Lipinski definition) is 3. The Labute approximate surface area is 100 Å². The Morgan fingerprint density at radius 1 is 1.44 bits per heavy atom. The van der Waals surface area contributed by atoms with Crippen molar-refractivity contribution in [2.75, 3.05) is 6.61 Å². The van der Waals surface area contributed by atoms with Gasteiger partial charge in [0.2, 0.25) is 0 Å². The summed E-state index contributed by atoms with van der Waals surface area (Å²) in [5.41, 5.74) is 0. The maximum Gasteiger partial charge on any atom is 0.308 e. The number of hydrogen-bond donors (Lipinski definition) is 1. The fourth-order valence-corrected chi connectivity index (χ4v) is 2.24. The molecule has 0 aliphatic rings. The molecule has 90 valence electrons. The van der Waals surface area contributed by atoms with Crippen LogP contribution in [0, 0.1) is 0 Å². The van der Waals surface area contributed by atoms with Crippen molar-refractivity contribution in [3.05, 3.63) is 16.3 Å². The molecule has 1 aromatic heterocycles. The van der Waals surface area contributed by atoms with Crippen molar-refractivity contribution in [1.82, 2.24) is 0 Å². The number of carboxylic acids is 1. The summed E-state index contributed by atoms with van der Waals surface area (Å²) in [6.07, 6.45) is 4.71. The van der Waals surface area contributed by atoms with Gasteiger partial charge in [-0.2, -0.15) is 0 Å². The molecule has 0 spiro atoms. The van der Waals surface area contributed by atoms with Gasteiger partial charge in [0.1, 0.15) is 5.75 Å². The number of carbonyl (C=O) groups is 1. The predicted molar refractivity (Wildman–Crippen MR) is 65.3 cm³/mol. The van der Waals surface area contributed by atoms with Gasteiger partial charge < -0.3 is 9.84 Å². The van der Waals surface area contributed by atoms with Crippen LogP contribution in [0.1, 0.15) is 37.5 Å². The molecule has 0 saturated carbocycles. The summed E-state index contributed by atoms with van der Waals surface area (Å²) in [6, 6.07) is 1.85. The van der Waals surface area contributed by atoms with E-state index in [1.807, 2.05) is 11.4 Å². The predicted octanol–water partition coefficient (Wildman–Crippen LogP) is 3.33. The van der Waals surface area contributed by atoms with Gasteiger partial charge >= 0.3 is 5.97 Å². The van der Waals surface area contributed by atoms with Crippen LogP contribution in [0.2, 0.25) is 0 Å². The van der Waals surface area contributed by atoms with Gasteiger partial charge in [-0.1, -0.05) is 26.2 Å². The molecule has 0 unspecified atom stereocenters. The van der Waals surface area contributed by atoms with Gasteiger partial charge in [-0.15, -0.1) is 11.3 Å². The second-order valence-electron chi connectivity index (χ2n) is 3.69. The number of thiophene rings is 1. The van der Waals surface area contributed by atoms with E-state index in [9.17, 15) is 4.79 Å². The van der Waals surface area contributed by atoms with E-state index >= 15 is 0 Å². The molecule has 1 heterocycles. The molecule has 0 atom stereocenters. The number of carboxylic acid groups (broad SMARTS) is 1. The zero-order chi connectivity index (χ0) is 11.8. The maximum absolute atomic E-state index is 10.6. The summed E-state index contributed by atoms with van der Waals surface area (Å²) in [6.45, 7) is 2.86. The first-order valence-corrected chi connectivity index (χ1v) is 6.53. The van der Waals surface area contributed by atoms with Gasteiger partial charge in [0.05, 0.1) is 17.9 Å². The van der Waals surface area contributed by atoms with E-state index in [0.29, 0.717) is 6.61 Å². The van der Waals surface area contributed by atoms with E-state index in [0.717, 1.165) is 17.0 Å². The van der Waals surface area contributed by atoms with Crippen LogP contribution >= 0.6 is 11.3 Å². The highest BCUT2D eigenvalue weighted by atomic mass is 32.1. The molecular formula is C12H18O3S. The summed E-state index contributed by atoms with van der Waals surface area (Å²) >= 11 is 1.44. The third-order valence-corrected chi connectivity index (χ3v) is 3.17. The van der Waals surface area contributed by atoms with Crippen molar-refractivity contribution in [2.24, 2.45) is 0 Å². The Hall–Kier alpha value is -1.03. The Kier molecular flexibility index (Phi) is 5.93. The van der Waals surface area contributed by atoms with Crippen molar-refractivity contribution in [3.8, 4) is 5.75 Å². The number of aliphatic carboxylic acids is 1. The summed E-state index contributed by atoms with van der Waals surface area (Å²) in [5, 5.41) is 10.6. The van der Waals surface area contributed by atoms with Crippen LogP contribution < -0.4 is 4.74 Å². The molecule has 0 aliphatic heterocycles. The molecule has 16 heavy (non-hydrogen) atoms. The molecule has 0 fully saturated rings. The molecule has 1 aromatic rings. The first kappa shape index (κ1) is 13.0. The quantitative estimate of drug-likeness (QED) is 0.711. The first-order chi connectivity index (χ1) is 7.74.